The van der Waals surface area contributed by atoms with Crippen LogP contribution in [0.4, 0.5) is 0 Å². The fourth-order valence-corrected chi connectivity index (χ4v) is 4.20. The molecule has 172 valence electrons. The summed E-state index contributed by atoms with van der Waals surface area (Å²) in [6, 6.07) is 22.9. The van der Waals surface area contributed by atoms with Gasteiger partial charge in [0.15, 0.2) is 6.29 Å². The lowest BCUT2D eigenvalue weighted by Crippen LogP contribution is -2.20. The van der Waals surface area contributed by atoms with Crippen LogP contribution >= 0.6 is 0 Å². The van der Waals surface area contributed by atoms with Gasteiger partial charge in [-0.1, -0.05) is 82.6 Å². The van der Waals surface area contributed by atoms with E-state index >= 15 is 0 Å². The van der Waals surface area contributed by atoms with E-state index in [1.165, 1.54) is 23.8 Å². The summed E-state index contributed by atoms with van der Waals surface area (Å²) in [7, 11) is 0. The van der Waals surface area contributed by atoms with E-state index in [4.69, 9.17) is 14.2 Å². The zero-order chi connectivity index (χ0) is 22.9. The van der Waals surface area contributed by atoms with Crippen molar-refractivity contribution in [2.24, 2.45) is 11.8 Å². The molecule has 0 saturated heterocycles. The Morgan fingerprint density at radius 3 is 2.22 bits per heavy atom. The average molecular weight is 435 g/mol. The quantitative estimate of drug-likeness (QED) is 0.215. The van der Waals surface area contributed by atoms with Crippen LogP contribution in [0.2, 0.25) is 0 Å². The third-order valence-corrected chi connectivity index (χ3v) is 6.11. The Balaban J connectivity index is 1.48. The summed E-state index contributed by atoms with van der Waals surface area (Å²) in [6.07, 6.45) is 2.07. The molecular formula is C29H38O3. The second-order valence-corrected chi connectivity index (χ2v) is 9.07. The largest absolute Gasteiger partial charge is 0.491 e. The van der Waals surface area contributed by atoms with Crippen LogP contribution in [0.15, 0.2) is 66.7 Å². The molecule has 0 heterocycles. The summed E-state index contributed by atoms with van der Waals surface area (Å²) in [4.78, 5) is 0. The Bertz CT molecular complexity index is 943. The average Bonchev–Trinajstić information content (AvgIpc) is 2.80. The second-order valence-electron chi connectivity index (χ2n) is 9.07. The smallest absolute Gasteiger partial charge is 0.197 e. The molecule has 0 aliphatic heterocycles. The highest BCUT2D eigenvalue weighted by Gasteiger charge is 2.19. The van der Waals surface area contributed by atoms with E-state index < -0.39 is 0 Å². The Hall–Kier alpha value is -2.52. The molecule has 0 radical (unpaired) electrons. The Labute approximate surface area is 193 Å². The van der Waals surface area contributed by atoms with Gasteiger partial charge in [-0.25, -0.2) is 0 Å². The number of fused-ring (bicyclic) bond motifs is 1. The molecule has 0 amide bonds. The molecule has 0 N–H and O–H groups in total. The van der Waals surface area contributed by atoms with Gasteiger partial charge < -0.3 is 14.2 Å². The van der Waals surface area contributed by atoms with E-state index in [0.29, 0.717) is 31.0 Å². The van der Waals surface area contributed by atoms with Crippen LogP contribution in [0.5, 0.6) is 11.5 Å². The van der Waals surface area contributed by atoms with Crippen molar-refractivity contribution in [3.8, 4) is 11.5 Å². The number of hydrogen-bond acceptors (Lipinski definition) is 3. The maximum Gasteiger partial charge on any atom is 0.197 e. The van der Waals surface area contributed by atoms with Gasteiger partial charge in [0.2, 0.25) is 0 Å². The molecule has 3 unspecified atom stereocenters. The predicted octanol–water partition coefficient (Wildman–Crippen LogP) is 7.84. The van der Waals surface area contributed by atoms with Crippen molar-refractivity contribution in [1.82, 2.24) is 0 Å². The van der Waals surface area contributed by atoms with Crippen molar-refractivity contribution < 1.29 is 14.2 Å². The third-order valence-electron chi connectivity index (χ3n) is 6.11. The molecule has 3 rings (SSSR count). The minimum Gasteiger partial charge on any atom is -0.491 e. The van der Waals surface area contributed by atoms with E-state index in [-0.39, 0.29) is 6.29 Å². The van der Waals surface area contributed by atoms with Gasteiger partial charge >= 0.3 is 0 Å². The summed E-state index contributed by atoms with van der Waals surface area (Å²) >= 11 is 0. The zero-order valence-corrected chi connectivity index (χ0v) is 20.2. The van der Waals surface area contributed by atoms with Crippen molar-refractivity contribution in [2.45, 2.75) is 59.7 Å². The molecule has 3 aromatic rings. The highest BCUT2D eigenvalue weighted by Crippen LogP contribution is 2.34. The SMILES string of the molecule is CCC(C)C(CC(C)C)c1ccc(OC(C)OCCOc2cccc3ccccc23)cc1. The predicted molar refractivity (Wildman–Crippen MR) is 134 cm³/mol. The van der Waals surface area contributed by atoms with Crippen LogP contribution < -0.4 is 9.47 Å². The highest BCUT2D eigenvalue weighted by atomic mass is 16.7. The molecule has 3 aromatic carbocycles. The molecular weight excluding hydrogens is 396 g/mol. The number of benzene rings is 3. The van der Waals surface area contributed by atoms with Crippen LogP contribution in [0.25, 0.3) is 10.8 Å². The van der Waals surface area contributed by atoms with Crippen LogP contribution in [0.1, 0.15) is 58.9 Å². The molecule has 0 aliphatic rings. The second kappa shape index (κ2) is 11.9. The summed E-state index contributed by atoms with van der Waals surface area (Å²) in [5, 5.41) is 2.29. The van der Waals surface area contributed by atoms with E-state index in [1.807, 2.05) is 31.2 Å². The molecule has 32 heavy (non-hydrogen) atoms. The van der Waals surface area contributed by atoms with Gasteiger partial charge in [-0.2, -0.15) is 0 Å². The van der Waals surface area contributed by atoms with Gasteiger partial charge in [-0.05, 0) is 60.2 Å². The van der Waals surface area contributed by atoms with Gasteiger partial charge in [0, 0.05) is 5.39 Å². The monoisotopic (exact) mass is 434 g/mol. The number of rotatable bonds is 12. The van der Waals surface area contributed by atoms with E-state index in [9.17, 15) is 0 Å². The third kappa shape index (κ3) is 6.74. The van der Waals surface area contributed by atoms with E-state index in [1.54, 1.807) is 0 Å². The fourth-order valence-electron chi connectivity index (χ4n) is 4.20. The normalized spacial score (nSPS) is 14.3. The first-order valence-corrected chi connectivity index (χ1v) is 12.0. The molecule has 3 nitrogen and oxygen atoms in total. The lowest BCUT2D eigenvalue weighted by Gasteiger charge is -2.25. The van der Waals surface area contributed by atoms with Crippen molar-refractivity contribution >= 4 is 10.8 Å². The van der Waals surface area contributed by atoms with Crippen molar-refractivity contribution in [1.29, 1.82) is 0 Å². The van der Waals surface area contributed by atoms with Crippen molar-refractivity contribution in [3.63, 3.8) is 0 Å². The summed E-state index contributed by atoms with van der Waals surface area (Å²) in [5.41, 5.74) is 1.40. The molecule has 0 bridgehead atoms. The Morgan fingerprint density at radius 1 is 0.781 bits per heavy atom. The van der Waals surface area contributed by atoms with Gasteiger partial charge in [-0.15, -0.1) is 0 Å². The van der Waals surface area contributed by atoms with Gasteiger partial charge in [-0.3, -0.25) is 0 Å². The summed E-state index contributed by atoms with van der Waals surface area (Å²) in [5.74, 6) is 3.67. The van der Waals surface area contributed by atoms with Crippen molar-refractivity contribution in [2.75, 3.05) is 13.2 Å². The molecule has 3 atom stereocenters. The molecule has 0 spiro atoms. The van der Waals surface area contributed by atoms with Gasteiger partial charge in [0.05, 0.1) is 6.61 Å². The van der Waals surface area contributed by atoms with Crippen LogP contribution in [-0.2, 0) is 4.74 Å². The maximum atomic E-state index is 5.96. The van der Waals surface area contributed by atoms with Crippen LogP contribution in [0, 0.1) is 11.8 Å². The van der Waals surface area contributed by atoms with E-state index in [0.717, 1.165) is 16.9 Å². The molecule has 0 saturated carbocycles. The first-order valence-electron chi connectivity index (χ1n) is 12.0. The Kier molecular flexibility index (Phi) is 8.99. The first-order chi connectivity index (χ1) is 15.5. The number of hydrogen-bond donors (Lipinski definition) is 0. The zero-order valence-electron chi connectivity index (χ0n) is 20.2. The maximum absolute atomic E-state index is 5.96. The Morgan fingerprint density at radius 2 is 1.50 bits per heavy atom. The molecule has 0 fully saturated rings. The first kappa shape index (κ1) is 24.1. The topological polar surface area (TPSA) is 27.7 Å². The molecule has 0 aromatic heterocycles. The lowest BCUT2D eigenvalue weighted by molar-refractivity contribution is -0.0738. The summed E-state index contributed by atoms with van der Waals surface area (Å²) in [6.45, 7) is 12.1. The van der Waals surface area contributed by atoms with Crippen LogP contribution in [-0.4, -0.2) is 19.5 Å². The molecule has 0 aliphatic carbocycles. The highest BCUT2D eigenvalue weighted by molar-refractivity contribution is 5.88. The van der Waals surface area contributed by atoms with Gasteiger partial charge in [0.1, 0.15) is 18.1 Å². The minimum atomic E-state index is -0.335. The van der Waals surface area contributed by atoms with Crippen molar-refractivity contribution in [3.05, 3.63) is 72.3 Å². The summed E-state index contributed by atoms with van der Waals surface area (Å²) < 4.78 is 17.7. The molecule has 3 heteroatoms. The number of ether oxygens (including phenoxy) is 3. The van der Waals surface area contributed by atoms with Gasteiger partial charge in [0.25, 0.3) is 0 Å². The fraction of sp³-hybridized carbons (Fsp3) is 0.448. The minimum absolute atomic E-state index is 0.335. The van der Waals surface area contributed by atoms with Crippen LogP contribution in [0.3, 0.4) is 0 Å². The lowest BCUT2D eigenvalue weighted by atomic mass is 9.80. The van der Waals surface area contributed by atoms with E-state index in [2.05, 4.69) is 70.2 Å². The standard InChI is InChI=1S/C29H38O3/c1-6-22(4)28(20-21(2)3)25-14-16-26(17-15-25)32-23(5)30-18-19-31-29-13-9-11-24-10-7-8-12-27(24)29/h7-17,21-23,28H,6,18-20H2,1-5H3.